The number of non-ortho nitro benzene ring substituents is 1. The minimum atomic E-state index is -0.406. The average molecular weight is 464 g/mol. The number of thioether (sulfide) groups is 1. The Balaban J connectivity index is 1.81. The number of aliphatic imine (C=N–C) groups is 1. The molecule has 0 radical (unpaired) electrons. The first-order valence-corrected chi connectivity index (χ1v) is 10.7. The minimum absolute atomic E-state index is 0.0394. The van der Waals surface area contributed by atoms with E-state index in [4.69, 9.17) is 39.8 Å². The first-order chi connectivity index (χ1) is 13.9. The highest BCUT2D eigenvalue weighted by Crippen LogP contribution is 2.49. The molecule has 0 fully saturated rings. The number of hydrogen-bond acceptors (Lipinski definition) is 4. The van der Waals surface area contributed by atoms with Crippen molar-refractivity contribution in [1.82, 2.24) is 0 Å². The predicted octanol–water partition coefficient (Wildman–Crippen LogP) is 7.91. The van der Waals surface area contributed by atoms with Crippen molar-refractivity contribution < 1.29 is 4.92 Å². The third-order valence-electron chi connectivity index (χ3n) is 4.56. The summed E-state index contributed by atoms with van der Waals surface area (Å²) in [5, 5.41) is 12.6. The van der Waals surface area contributed by atoms with E-state index in [0.717, 1.165) is 27.4 Å². The minimum Gasteiger partial charge on any atom is -0.258 e. The number of halogens is 3. The summed E-state index contributed by atoms with van der Waals surface area (Å²) in [4.78, 5) is 16.3. The molecule has 146 valence electrons. The molecule has 3 aromatic carbocycles. The van der Waals surface area contributed by atoms with Crippen LogP contribution in [0.3, 0.4) is 0 Å². The second kappa shape index (κ2) is 8.36. The van der Waals surface area contributed by atoms with E-state index in [9.17, 15) is 10.1 Å². The lowest BCUT2D eigenvalue weighted by molar-refractivity contribution is -0.384. The first kappa shape index (κ1) is 20.2. The first-order valence-electron chi connectivity index (χ1n) is 8.65. The van der Waals surface area contributed by atoms with Crippen LogP contribution in [0.15, 0.2) is 70.6 Å². The Hall–Kier alpha value is -2.05. The van der Waals surface area contributed by atoms with Gasteiger partial charge in [0.05, 0.1) is 31.3 Å². The van der Waals surface area contributed by atoms with Crippen LogP contribution in [0.25, 0.3) is 0 Å². The van der Waals surface area contributed by atoms with Crippen LogP contribution in [0.2, 0.25) is 15.1 Å². The maximum absolute atomic E-state index is 11.0. The molecular weight excluding hydrogens is 451 g/mol. The maximum atomic E-state index is 11.0. The Morgan fingerprint density at radius 2 is 1.76 bits per heavy atom. The lowest BCUT2D eigenvalue weighted by Gasteiger charge is -2.17. The molecule has 0 spiro atoms. The van der Waals surface area contributed by atoms with Gasteiger partial charge < -0.3 is 0 Å². The number of rotatable bonds is 3. The van der Waals surface area contributed by atoms with E-state index in [2.05, 4.69) is 0 Å². The number of nitrogens with zero attached hydrogens (tertiary/aromatic N) is 2. The SMILES string of the molecule is O=[N+]([O-])c1ccc(C2CC(c3ccc(Cl)cc3Cl)=Nc3cccc(Cl)c3S2)cc1. The van der Waals surface area contributed by atoms with Gasteiger partial charge in [-0.15, -0.1) is 11.8 Å². The number of fused-ring (bicyclic) bond motifs is 1. The van der Waals surface area contributed by atoms with Gasteiger partial charge in [0.25, 0.3) is 5.69 Å². The lowest BCUT2D eigenvalue weighted by Crippen LogP contribution is -2.06. The summed E-state index contributed by atoms with van der Waals surface area (Å²) in [6.45, 7) is 0. The van der Waals surface area contributed by atoms with Crippen molar-refractivity contribution in [2.45, 2.75) is 16.6 Å². The van der Waals surface area contributed by atoms with Crippen LogP contribution in [0.5, 0.6) is 0 Å². The molecule has 1 aliphatic rings. The quantitative estimate of drug-likeness (QED) is 0.293. The van der Waals surface area contributed by atoms with E-state index < -0.39 is 4.92 Å². The van der Waals surface area contributed by atoms with Crippen molar-refractivity contribution in [2.75, 3.05) is 0 Å². The fourth-order valence-corrected chi connectivity index (χ4v) is 5.20. The number of nitro benzene ring substituents is 1. The normalized spacial score (nSPS) is 16.0. The van der Waals surface area contributed by atoms with Crippen molar-refractivity contribution in [3.8, 4) is 0 Å². The number of hydrogen-bond donors (Lipinski definition) is 0. The van der Waals surface area contributed by atoms with Crippen LogP contribution < -0.4 is 0 Å². The zero-order valence-electron chi connectivity index (χ0n) is 14.8. The van der Waals surface area contributed by atoms with E-state index in [-0.39, 0.29) is 10.9 Å². The van der Waals surface area contributed by atoms with Gasteiger partial charge in [0.2, 0.25) is 0 Å². The Labute approximate surface area is 186 Å². The van der Waals surface area contributed by atoms with Gasteiger partial charge in [0.1, 0.15) is 0 Å². The lowest BCUT2D eigenvalue weighted by atomic mass is 10.0. The molecule has 29 heavy (non-hydrogen) atoms. The van der Waals surface area contributed by atoms with Crippen molar-refractivity contribution >= 4 is 63.7 Å². The monoisotopic (exact) mass is 462 g/mol. The van der Waals surface area contributed by atoms with E-state index in [1.54, 1.807) is 36.0 Å². The maximum Gasteiger partial charge on any atom is 0.269 e. The molecule has 0 aromatic heterocycles. The molecule has 0 bridgehead atoms. The molecule has 0 amide bonds. The predicted molar refractivity (Wildman–Crippen MR) is 120 cm³/mol. The Bertz CT molecular complexity index is 1130. The summed E-state index contributed by atoms with van der Waals surface area (Å²) in [5.41, 5.74) is 3.39. The smallest absolute Gasteiger partial charge is 0.258 e. The largest absolute Gasteiger partial charge is 0.269 e. The van der Waals surface area contributed by atoms with Crippen LogP contribution in [0.1, 0.15) is 22.8 Å². The van der Waals surface area contributed by atoms with E-state index in [1.165, 1.54) is 12.1 Å². The Morgan fingerprint density at radius 1 is 1.00 bits per heavy atom. The van der Waals surface area contributed by atoms with Gasteiger partial charge >= 0.3 is 0 Å². The fourth-order valence-electron chi connectivity index (χ4n) is 3.14. The number of benzene rings is 3. The molecule has 4 rings (SSSR count). The van der Waals surface area contributed by atoms with Gasteiger partial charge in [0.15, 0.2) is 0 Å². The summed E-state index contributed by atoms with van der Waals surface area (Å²) in [6, 6.07) is 17.5. The average Bonchev–Trinajstić information content (AvgIpc) is 2.89. The third kappa shape index (κ3) is 4.28. The van der Waals surface area contributed by atoms with Crippen LogP contribution >= 0.6 is 46.6 Å². The van der Waals surface area contributed by atoms with Crippen LogP contribution in [-0.4, -0.2) is 10.6 Å². The molecule has 0 N–H and O–H groups in total. The fraction of sp³-hybridized carbons (Fsp3) is 0.0952. The molecule has 1 unspecified atom stereocenters. The summed E-state index contributed by atoms with van der Waals surface area (Å²) in [5.74, 6) is 0. The Morgan fingerprint density at radius 3 is 2.45 bits per heavy atom. The van der Waals surface area contributed by atoms with E-state index >= 15 is 0 Å². The molecule has 1 aliphatic heterocycles. The van der Waals surface area contributed by atoms with E-state index in [1.807, 2.05) is 24.3 Å². The van der Waals surface area contributed by atoms with Gasteiger partial charge in [-0.1, -0.05) is 59.1 Å². The van der Waals surface area contributed by atoms with Crippen molar-refractivity contribution in [3.05, 3.63) is 97.0 Å². The van der Waals surface area contributed by atoms with Gasteiger partial charge in [-0.3, -0.25) is 15.1 Å². The summed E-state index contributed by atoms with van der Waals surface area (Å²) in [6.07, 6.45) is 0.578. The molecule has 1 atom stereocenters. The highest BCUT2D eigenvalue weighted by molar-refractivity contribution is 7.99. The molecule has 0 saturated carbocycles. The van der Waals surface area contributed by atoms with Crippen LogP contribution in [0, 0.1) is 10.1 Å². The standard InChI is InChI=1S/C21H13Cl3N2O2S/c22-13-6-9-15(17(24)10-13)19-11-20(12-4-7-14(8-5-12)26(27)28)29-21-16(23)2-1-3-18(21)25-19/h1-10,20H,11H2. The van der Waals surface area contributed by atoms with Gasteiger partial charge in [0, 0.05) is 34.4 Å². The molecule has 1 heterocycles. The molecule has 0 aliphatic carbocycles. The Kier molecular flexibility index (Phi) is 5.83. The highest BCUT2D eigenvalue weighted by Gasteiger charge is 2.25. The zero-order chi connectivity index (χ0) is 20.5. The van der Waals surface area contributed by atoms with Crippen molar-refractivity contribution in [3.63, 3.8) is 0 Å². The number of nitro groups is 1. The summed E-state index contributed by atoms with van der Waals surface area (Å²) in [7, 11) is 0. The molecule has 0 saturated heterocycles. The van der Waals surface area contributed by atoms with Crippen molar-refractivity contribution in [1.29, 1.82) is 0 Å². The zero-order valence-corrected chi connectivity index (χ0v) is 17.9. The molecule has 8 heteroatoms. The van der Waals surface area contributed by atoms with Gasteiger partial charge in [-0.2, -0.15) is 0 Å². The molecular formula is C21H13Cl3N2O2S. The van der Waals surface area contributed by atoms with Gasteiger partial charge in [-0.25, -0.2) is 0 Å². The second-order valence-electron chi connectivity index (χ2n) is 6.43. The highest BCUT2D eigenvalue weighted by atomic mass is 35.5. The van der Waals surface area contributed by atoms with Crippen LogP contribution in [0.4, 0.5) is 11.4 Å². The third-order valence-corrected chi connectivity index (χ3v) is 6.92. The summed E-state index contributed by atoms with van der Waals surface area (Å²) >= 11 is 20.6. The van der Waals surface area contributed by atoms with Crippen molar-refractivity contribution in [2.24, 2.45) is 4.99 Å². The van der Waals surface area contributed by atoms with E-state index in [0.29, 0.717) is 21.5 Å². The van der Waals surface area contributed by atoms with Crippen LogP contribution in [-0.2, 0) is 0 Å². The summed E-state index contributed by atoms with van der Waals surface area (Å²) < 4.78 is 0. The molecule has 3 aromatic rings. The molecule has 4 nitrogen and oxygen atoms in total. The second-order valence-corrected chi connectivity index (χ2v) is 8.89. The van der Waals surface area contributed by atoms with Gasteiger partial charge in [-0.05, 0) is 29.8 Å². The topological polar surface area (TPSA) is 55.5 Å².